The van der Waals surface area contributed by atoms with Gasteiger partial charge in [-0.2, -0.15) is 0 Å². The summed E-state index contributed by atoms with van der Waals surface area (Å²) in [5, 5.41) is 0. The van der Waals surface area contributed by atoms with Crippen molar-refractivity contribution in [1.29, 1.82) is 0 Å². The number of hydrogen-bond acceptors (Lipinski definition) is 6. The molecule has 0 aliphatic heterocycles. The third-order valence-corrected chi connectivity index (χ3v) is 9.77. The molecule has 0 saturated heterocycles. The summed E-state index contributed by atoms with van der Waals surface area (Å²) in [6.07, 6.45) is 40.7. The molecule has 9 heteroatoms. The van der Waals surface area contributed by atoms with Gasteiger partial charge in [-0.25, -0.2) is 4.57 Å². The number of ether oxygens (including phenoxy) is 2. The molecule has 0 bridgehead atoms. The van der Waals surface area contributed by atoms with E-state index in [0.717, 1.165) is 38.5 Å². The van der Waals surface area contributed by atoms with E-state index in [4.69, 9.17) is 19.3 Å². The molecular weight excluding hydrogens is 651 g/mol. The fourth-order valence-electron chi connectivity index (χ4n) is 6.13. The van der Waals surface area contributed by atoms with Crippen LogP contribution in [-0.2, 0) is 28.2 Å². The van der Waals surface area contributed by atoms with Gasteiger partial charge in [-0.05, 0) is 38.5 Å². The lowest BCUT2D eigenvalue weighted by atomic mass is 10.0. The van der Waals surface area contributed by atoms with E-state index in [2.05, 4.69) is 30.5 Å². The summed E-state index contributed by atoms with van der Waals surface area (Å²) in [6, 6.07) is 0. The Bertz CT molecular complexity index is 827. The highest BCUT2D eigenvalue weighted by Crippen LogP contribution is 2.36. The predicted octanol–water partition coefficient (Wildman–Crippen LogP) is 12.6. The molecule has 0 heterocycles. The van der Waals surface area contributed by atoms with Gasteiger partial charge in [-0.1, -0.05) is 180 Å². The van der Waals surface area contributed by atoms with E-state index in [9.17, 15) is 14.2 Å². The molecule has 0 radical (unpaired) electrons. The van der Waals surface area contributed by atoms with Crippen LogP contribution in [0.15, 0.2) is 12.2 Å². The molecule has 1 atom stereocenters. The van der Waals surface area contributed by atoms with Crippen LogP contribution >= 0.6 is 7.82 Å². The van der Waals surface area contributed by atoms with E-state index >= 15 is 0 Å². The van der Waals surface area contributed by atoms with Crippen molar-refractivity contribution in [1.82, 2.24) is 0 Å². The van der Waals surface area contributed by atoms with Crippen LogP contribution in [0.4, 0.5) is 0 Å². The third-order valence-electron chi connectivity index (χ3n) is 9.28. The second-order valence-electron chi connectivity index (χ2n) is 14.3. The van der Waals surface area contributed by atoms with E-state index in [1.165, 1.54) is 148 Å². The zero-order valence-electron chi connectivity index (χ0n) is 32.6. The smallest absolute Gasteiger partial charge is 0.462 e. The molecule has 8 nitrogen and oxygen atoms in total. The second-order valence-corrected chi connectivity index (χ2v) is 15.6. The first-order valence-electron chi connectivity index (χ1n) is 21.0. The summed E-state index contributed by atoms with van der Waals surface area (Å²) in [4.78, 5) is 42.8. The Labute approximate surface area is 307 Å². The van der Waals surface area contributed by atoms with Crippen molar-refractivity contribution < 1.29 is 37.9 Å². The predicted molar refractivity (Wildman–Crippen MR) is 207 cm³/mol. The Morgan fingerprint density at radius 2 is 0.840 bits per heavy atom. The number of carbonyl (C=O) groups is 2. The molecule has 0 amide bonds. The van der Waals surface area contributed by atoms with Gasteiger partial charge in [-0.15, -0.1) is 0 Å². The highest BCUT2D eigenvalue weighted by molar-refractivity contribution is 7.46. The molecule has 296 valence electrons. The number of unbranched alkanes of at least 4 members (excludes halogenated alkanes) is 27. The zero-order chi connectivity index (χ0) is 36.8. The number of allylic oxidation sites excluding steroid dienone is 2. The van der Waals surface area contributed by atoms with Crippen LogP contribution in [0.5, 0.6) is 0 Å². The first-order chi connectivity index (χ1) is 24.3. The quantitative estimate of drug-likeness (QED) is 0.0278. The largest absolute Gasteiger partial charge is 0.469 e. The maximum atomic E-state index is 12.4. The molecule has 0 aliphatic rings. The van der Waals surface area contributed by atoms with Crippen molar-refractivity contribution in [2.45, 2.75) is 225 Å². The first kappa shape index (κ1) is 48.8. The first-order valence-corrected chi connectivity index (χ1v) is 22.5. The van der Waals surface area contributed by atoms with E-state index < -0.39 is 32.5 Å². The summed E-state index contributed by atoms with van der Waals surface area (Å²) in [5.74, 6) is -0.876. The highest BCUT2D eigenvalue weighted by atomic mass is 31.2. The summed E-state index contributed by atoms with van der Waals surface area (Å²) in [7, 11) is -4.75. The second kappa shape index (κ2) is 37.5. The van der Waals surface area contributed by atoms with Crippen LogP contribution < -0.4 is 0 Å². The van der Waals surface area contributed by atoms with E-state index in [0.29, 0.717) is 6.42 Å². The van der Waals surface area contributed by atoms with E-state index in [1.807, 2.05) is 0 Å². The van der Waals surface area contributed by atoms with Gasteiger partial charge < -0.3 is 19.3 Å². The minimum atomic E-state index is -4.75. The van der Waals surface area contributed by atoms with Gasteiger partial charge in [0.2, 0.25) is 0 Å². The Hall–Kier alpha value is -1.21. The van der Waals surface area contributed by atoms with Gasteiger partial charge in [0.05, 0.1) is 6.61 Å². The molecule has 0 unspecified atom stereocenters. The van der Waals surface area contributed by atoms with Gasteiger partial charge in [0, 0.05) is 12.8 Å². The third kappa shape index (κ3) is 39.6. The Morgan fingerprint density at radius 3 is 1.22 bits per heavy atom. The van der Waals surface area contributed by atoms with Gasteiger partial charge >= 0.3 is 19.8 Å². The Kier molecular flexibility index (Phi) is 36.6. The fourth-order valence-corrected chi connectivity index (χ4v) is 6.49. The topological polar surface area (TPSA) is 119 Å². The minimum absolute atomic E-state index is 0.214. The van der Waals surface area contributed by atoms with Gasteiger partial charge in [-0.3, -0.25) is 14.1 Å². The van der Waals surface area contributed by atoms with Crippen molar-refractivity contribution in [2.24, 2.45) is 0 Å². The number of esters is 2. The SMILES string of the molecule is CCCCCCCC/C=C/CCCCCCCCCCCC(=O)O[C@H](COC(=O)CCCCCCCCCCCCCCC)COP(=O)(O)O. The molecule has 0 spiro atoms. The number of rotatable bonds is 39. The van der Waals surface area contributed by atoms with Crippen LogP contribution in [-0.4, -0.2) is 41.0 Å². The lowest BCUT2D eigenvalue weighted by Gasteiger charge is -2.18. The Balaban J connectivity index is 3.87. The van der Waals surface area contributed by atoms with E-state index in [1.54, 1.807) is 0 Å². The van der Waals surface area contributed by atoms with Crippen molar-refractivity contribution in [3.8, 4) is 0 Å². The van der Waals surface area contributed by atoms with Gasteiger partial charge in [0.15, 0.2) is 6.10 Å². The maximum absolute atomic E-state index is 12.4. The number of hydrogen-bond donors (Lipinski definition) is 2. The Morgan fingerprint density at radius 1 is 0.500 bits per heavy atom. The molecule has 0 aromatic rings. The lowest BCUT2D eigenvalue weighted by molar-refractivity contribution is -0.161. The molecule has 0 aromatic carbocycles. The molecule has 0 rings (SSSR count). The average molecular weight is 731 g/mol. The van der Waals surface area contributed by atoms with Crippen molar-refractivity contribution in [3.63, 3.8) is 0 Å². The van der Waals surface area contributed by atoms with Crippen LogP contribution in [0.1, 0.15) is 219 Å². The zero-order valence-corrected chi connectivity index (χ0v) is 33.5. The molecule has 50 heavy (non-hydrogen) atoms. The summed E-state index contributed by atoms with van der Waals surface area (Å²) in [5.41, 5.74) is 0. The van der Waals surface area contributed by atoms with Gasteiger partial charge in [0.25, 0.3) is 0 Å². The summed E-state index contributed by atoms with van der Waals surface area (Å²) in [6.45, 7) is 3.70. The minimum Gasteiger partial charge on any atom is -0.462 e. The van der Waals surface area contributed by atoms with Crippen LogP contribution in [0.2, 0.25) is 0 Å². The molecular formula is C41H79O8P. The summed E-state index contributed by atoms with van der Waals surface area (Å²) < 4.78 is 26.4. The van der Waals surface area contributed by atoms with Crippen LogP contribution in [0, 0.1) is 0 Å². The number of carbonyl (C=O) groups excluding carboxylic acids is 2. The molecule has 2 N–H and O–H groups in total. The molecule has 0 saturated carbocycles. The van der Waals surface area contributed by atoms with Crippen LogP contribution in [0.3, 0.4) is 0 Å². The molecule has 0 aromatic heterocycles. The standard InChI is InChI=1S/C41H79O8P/c1-3-5-7-9-11-13-15-17-18-19-20-21-22-24-26-28-30-32-34-36-41(43)49-39(38-48-50(44,45)46)37-47-40(42)35-33-31-29-27-25-23-16-14-12-10-8-6-4-2/h17-18,39H,3-16,19-38H2,1-2H3,(H2,44,45,46)/b18-17+/t39-/m1/s1. The highest BCUT2D eigenvalue weighted by Gasteiger charge is 2.22. The van der Waals surface area contributed by atoms with Crippen molar-refractivity contribution in [3.05, 3.63) is 12.2 Å². The lowest BCUT2D eigenvalue weighted by Crippen LogP contribution is -2.29. The average Bonchev–Trinajstić information content (AvgIpc) is 3.08. The number of phosphoric ester groups is 1. The molecule has 0 fully saturated rings. The van der Waals surface area contributed by atoms with E-state index in [-0.39, 0.29) is 19.4 Å². The van der Waals surface area contributed by atoms with Crippen molar-refractivity contribution in [2.75, 3.05) is 13.2 Å². The monoisotopic (exact) mass is 731 g/mol. The van der Waals surface area contributed by atoms with Gasteiger partial charge in [0.1, 0.15) is 6.61 Å². The normalized spacial score (nSPS) is 12.5. The van der Waals surface area contributed by atoms with Crippen molar-refractivity contribution >= 4 is 19.8 Å². The maximum Gasteiger partial charge on any atom is 0.469 e. The fraction of sp³-hybridized carbons (Fsp3) is 0.902. The number of phosphoric acid groups is 1. The summed E-state index contributed by atoms with van der Waals surface area (Å²) >= 11 is 0. The molecule has 0 aliphatic carbocycles. The van der Waals surface area contributed by atoms with Crippen LogP contribution in [0.25, 0.3) is 0 Å².